The van der Waals surface area contributed by atoms with Crippen molar-refractivity contribution in [3.63, 3.8) is 0 Å². The summed E-state index contributed by atoms with van der Waals surface area (Å²) in [4.78, 5) is 21.8. The van der Waals surface area contributed by atoms with Crippen LogP contribution in [-0.2, 0) is 6.67 Å². The van der Waals surface area contributed by atoms with Crippen LogP contribution in [0.15, 0.2) is 84.2 Å². The smallest absolute Gasteiger partial charge is 0.346 e. The first kappa shape index (κ1) is 22.9. The van der Waals surface area contributed by atoms with E-state index in [-0.39, 0.29) is 18.7 Å². The molecule has 2 fully saturated rings. The van der Waals surface area contributed by atoms with Gasteiger partial charge in [-0.15, -0.1) is 0 Å². The third-order valence-electron chi connectivity index (χ3n) is 6.74. The number of hydrazine groups is 1. The van der Waals surface area contributed by atoms with E-state index in [1.807, 2.05) is 35.3 Å². The normalized spacial score (nSPS) is 18.1. The lowest BCUT2D eigenvalue weighted by Crippen LogP contribution is -2.47. The minimum Gasteiger partial charge on any atom is -0.496 e. The zero-order valence-corrected chi connectivity index (χ0v) is 20.5. The van der Waals surface area contributed by atoms with E-state index < -0.39 is 0 Å². The van der Waals surface area contributed by atoms with Crippen molar-refractivity contribution in [3.8, 4) is 5.75 Å². The maximum Gasteiger partial charge on any atom is 0.346 e. The van der Waals surface area contributed by atoms with Gasteiger partial charge in [-0.2, -0.15) is 10.1 Å². The Balaban J connectivity index is 1.40. The predicted octanol–water partition coefficient (Wildman–Crippen LogP) is 3.31. The van der Waals surface area contributed by atoms with Crippen LogP contribution in [0.1, 0.15) is 11.6 Å². The first-order valence-electron chi connectivity index (χ1n) is 12.1. The molecule has 11 heteroatoms. The van der Waals surface area contributed by atoms with Crippen molar-refractivity contribution in [2.24, 2.45) is 0 Å². The minimum absolute atomic E-state index is 0.0537. The van der Waals surface area contributed by atoms with Gasteiger partial charge in [-0.1, -0.05) is 30.3 Å². The molecule has 1 N–H and O–H groups in total. The molecule has 4 heterocycles. The zero-order valence-electron chi connectivity index (χ0n) is 20.5. The Morgan fingerprint density at radius 3 is 2.73 bits per heavy atom. The highest BCUT2D eigenvalue weighted by Gasteiger charge is 2.40. The predicted molar refractivity (Wildman–Crippen MR) is 138 cm³/mol. The number of methoxy groups -OCH3 is 1. The fourth-order valence-electron chi connectivity index (χ4n) is 5.06. The van der Waals surface area contributed by atoms with Crippen LogP contribution in [0.5, 0.6) is 5.75 Å². The number of rotatable bonds is 7. The summed E-state index contributed by atoms with van der Waals surface area (Å²) in [6.07, 6.45) is 6.21. The number of amides is 2. The number of carbonyl (C=O) groups excluding carboxylic acids is 1. The largest absolute Gasteiger partial charge is 0.496 e. The van der Waals surface area contributed by atoms with Crippen molar-refractivity contribution in [1.82, 2.24) is 25.0 Å². The number of anilines is 3. The molecule has 190 valence electrons. The third-order valence-corrected chi connectivity index (χ3v) is 6.74. The lowest BCUT2D eigenvalue weighted by atomic mass is 10.0. The molecule has 0 saturated carbocycles. The highest BCUT2D eigenvalue weighted by atomic mass is 16.5. The molecule has 6 rings (SSSR count). The van der Waals surface area contributed by atoms with Crippen LogP contribution in [0, 0.1) is 0 Å². The number of hydrogen-bond donors (Lipinski definition) is 1. The standard InChI is InChI=1S/C26H28N8O3/c1-36-25-9-5-2-6-21(25)24-14-27-11-12-32(24)22-7-3-4-8-23(22)33-19-30(18-31-17-28-16-29-31)26(35)34(33)20-10-13-37-15-20/h2-10,13,15-17,24,27H,11-12,14,18-19H2,1H3. The Hall–Kier alpha value is -4.51. The van der Waals surface area contributed by atoms with Crippen molar-refractivity contribution in [2.75, 3.05) is 48.3 Å². The van der Waals surface area contributed by atoms with Gasteiger partial charge in [0.25, 0.3) is 0 Å². The Kier molecular flexibility index (Phi) is 6.11. The maximum atomic E-state index is 13.6. The first-order valence-corrected chi connectivity index (χ1v) is 12.1. The van der Waals surface area contributed by atoms with Gasteiger partial charge < -0.3 is 19.4 Å². The third kappa shape index (κ3) is 4.23. The van der Waals surface area contributed by atoms with Gasteiger partial charge in [0, 0.05) is 31.3 Å². The minimum atomic E-state index is -0.173. The first-order chi connectivity index (χ1) is 18.2. The molecule has 0 bridgehead atoms. The fraction of sp³-hybridized carbons (Fsp3) is 0.269. The van der Waals surface area contributed by atoms with E-state index in [2.05, 4.69) is 38.5 Å². The fourth-order valence-corrected chi connectivity index (χ4v) is 5.06. The summed E-state index contributed by atoms with van der Waals surface area (Å²) in [5, 5.41) is 11.4. The lowest BCUT2D eigenvalue weighted by Gasteiger charge is -2.41. The van der Waals surface area contributed by atoms with Gasteiger partial charge in [0.1, 0.15) is 43.7 Å². The van der Waals surface area contributed by atoms with Gasteiger partial charge in [-0.05, 0) is 18.2 Å². The average molecular weight is 501 g/mol. The number of nitrogens with one attached hydrogen (secondary N) is 1. The Morgan fingerprint density at radius 2 is 1.95 bits per heavy atom. The Bertz CT molecular complexity index is 1340. The molecule has 4 aromatic rings. The van der Waals surface area contributed by atoms with Gasteiger partial charge in [-0.3, -0.25) is 9.91 Å². The van der Waals surface area contributed by atoms with Crippen molar-refractivity contribution in [2.45, 2.75) is 12.7 Å². The second-order valence-corrected chi connectivity index (χ2v) is 8.88. The second kappa shape index (κ2) is 9.86. The second-order valence-electron chi connectivity index (χ2n) is 8.88. The van der Waals surface area contributed by atoms with Crippen LogP contribution in [0.4, 0.5) is 21.9 Å². The summed E-state index contributed by atoms with van der Waals surface area (Å²) in [5.41, 5.74) is 3.72. The molecule has 37 heavy (non-hydrogen) atoms. The van der Waals surface area contributed by atoms with Gasteiger partial charge in [0.15, 0.2) is 0 Å². The van der Waals surface area contributed by atoms with Gasteiger partial charge in [-0.25, -0.2) is 14.5 Å². The van der Waals surface area contributed by atoms with E-state index in [0.717, 1.165) is 42.3 Å². The average Bonchev–Trinajstić information content (AvgIpc) is 3.72. The summed E-state index contributed by atoms with van der Waals surface area (Å²) >= 11 is 0. The summed E-state index contributed by atoms with van der Waals surface area (Å²) in [6.45, 7) is 3.05. The molecule has 2 aliphatic heterocycles. The Labute approximate surface area is 214 Å². The quantitative estimate of drug-likeness (QED) is 0.413. The van der Waals surface area contributed by atoms with Gasteiger partial charge in [0.05, 0.1) is 30.8 Å². The molecule has 2 aliphatic rings. The van der Waals surface area contributed by atoms with E-state index in [1.54, 1.807) is 46.6 Å². The monoisotopic (exact) mass is 500 g/mol. The summed E-state index contributed by atoms with van der Waals surface area (Å²) in [5.74, 6) is 0.856. The SMILES string of the molecule is COc1ccccc1C1CNCCN1c1ccccc1N1CN(Cn2cncn2)C(=O)N1c1ccoc1. The molecule has 1 atom stereocenters. The van der Waals surface area contributed by atoms with Crippen LogP contribution in [0.2, 0.25) is 0 Å². The molecule has 1 unspecified atom stereocenters. The van der Waals surface area contributed by atoms with Crippen molar-refractivity contribution in [3.05, 3.63) is 85.3 Å². The topological polar surface area (TPSA) is 95.1 Å². The van der Waals surface area contributed by atoms with E-state index in [4.69, 9.17) is 9.15 Å². The highest BCUT2D eigenvalue weighted by molar-refractivity contribution is 5.98. The number of para-hydroxylation sites is 3. The molecular formula is C26H28N8O3. The number of hydrogen-bond acceptors (Lipinski definition) is 8. The number of carbonyl (C=O) groups is 1. The number of benzene rings is 2. The van der Waals surface area contributed by atoms with Crippen molar-refractivity contribution < 1.29 is 13.9 Å². The van der Waals surface area contributed by atoms with Crippen LogP contribution in [-0.4, -0.2) is 59.1 Å². The highest BCUT2D eigenvalue weighted by Crippen LogP contribution is 2.40. The summed E-state index contributed by atoms with van der Waals surface area (Å²) < 4.78 is 12.7. The van der Waals surface area contributed by atoms with Gasteiger partial charge in [0.2, 0.25) is 0 Å². The number of furan rings is 1. The number of piperazine rings is 1. The van der Waals surface area contributed by atoms with E-state index >= 15 is 0 Å². The van der Waals surface area contributed by atoms with Gasteiger partial charge >= 0.3 is 6.03 Å². The Morgan fingerprint density at radius 1 is 1.11 bits per heavy atom. The maximum absolute atomic E-state index is 13.6. The molecule has 11 nitrogen and oxygen atoms in total. The van der Waals surface area contributed by atoms with E-state index in [1.165, 1.54) is 6.33 Å². The van der Waals surface area contributed by atoms with Crippen molar-refractivity contribution >= 4 is 23.1 Å². The summed E-state index contributed by atoms with van der Waals surface area (Å²) in [7, 11) is 1.70. The van der Waals surface area contributed by atoms with Crippen LogP contribution in [0.3, 0.4) is 0 Å². The van der Waals surface area contributed by atoms with Crippen LogP contribution >= 0.6 is 0 Å². The van der Waals surface area contributed by atoms with Crippen molar-refractivity contribution in [1.29, 1.82) is 0 Å². The molecule has 2 aromatic carbocycles. The molecule has 0 spiro atoms. The molecule has 2 aromatic heterocycles. The molecule has 0 radical (unpaired) electrons. The molecule has 2 saturated heterocycles. The summed E-state index contributed by atoms with van der Waals surface area (Å²) in [6, 6.07) is 18.0. The number of ether oxygens (including phenoxy) is 1. The molecule has 0 aliphatic carbocycles. The lowest BCUT2D eigenvalue weighted by molar-refractivity contribution is 0.204. The molecule has 2 amide bonds. The zero-order chi connectivity index (χ0) is 25.2. The van der Waals surface area contributed by atoms with Crippen LogP contribution < -0.4 is 25.0 Å². The number of nitrogens with zero attached hydrogens (tertiary/aromatic N) is 7. The van der Waals surface area contributed by atoms with E-state index in [9.17, 15) is 4.79 Å². The van der Waals surface area contributed by atoms with E-state index in [0.29, 0.717) is 12.4 Å². The molecular weight excluding hydrogens is 472 g/mol. The number of urea groups is 1. The number of aromatic nitrogens is 3. The van der Waals surface area contributed by atoms with Crippen LogP contribution in [0.25, 0.3) is 0 Å².